The number of nitrogens with zero attached hydrogens (tertiary/aromatic N) is 1. The molecule has 5 heteroatoms. The molecule has 0 fully saturated rings. The van der Waals surface area contributed by atoms with Crippen molar-refractivity contribution >= 4 is 17.7 Å². The summed E-state index contributed by atoms with van der Waals surface area (Å²) in [6.45, 7) is 5.75. The molecular formula is C15H22N2O3. The summed E-state index contributed by atoms with van der Waals surface area (Å²) in [4.78, 5) is 24.1. The first kappa shape index (κ1) is 16.0. The Morgan fingerprint density at radius 1 is 1.20 bits per heavy atom. The molecule has 0 radical (unpaired) electrons. The molecule has 0 aromatic heterocycles. The molecule has 1 rings (SSSR count). The van der Waals surface area contributed by atoms with Crippen molar-refractivity contribution in [1.29, 1.82) is 0 Å². The van der Waals surface area contributed by atoms with E-state index in [0.29, 0.717) is 5.69 Å². The van der Waals surface area contributed by atoms with Crippen molar-refractivity contribution in [2.24, 2.45) is 0 Å². The topological polar surface area (TPSA) is 69.6 Å². The number of rotatable bonds is 5. The van der Waals surface area contributed by atoms with Crippen LogP contribution in [0.5, 0.6) is 0 Å². The number of anilines is 1. The molecule has 0 saturated heterocycles. The van der Waals surface area contributed by atoms with Gasteiger partial charge in [0.2, 0.25) is 0 Å². The number of carbonyl (C=O) groups is 2. The summed E-state index contributed by atoms with van der Waals surface area (Å²) in [5.41, 5.74) is 1.65. The highest BCUT2D eigenvalue weighted by Gasteiger charge is 2.13. The standard InChI is InChI=1S/C15H22N2O3/c1-10(2)17(4)15(20)16-13-7-5-12(6-8-13)11(3)9-14(18)19/h5-8,10-11H,9H2,1-4H3,(H,16,20)(H,18,19). The van der Waals surface area contributed by atoms with E-state index in [0.717, 1.165) is 5.56 Å². The van der Waals surface area contributed by atoms with Crippen LogP contribution in [0, 0.1) is 0 Å². The number of benzene rings is 1. The largest absolute Gasteiger partial charge is 0.481 e. The van der Waals surface area contributed by atoms with E-state index in [2.05, 4.69) is 5.32 Å². The molecule has 1 atom stereocenters. The third-order valence-corrected chi connectivity index (χ3v) is 3.31. The fourth-order valence-corrected chi connectivity index (χ4v) is 1.72. The molecule has 1 aromatic rings. The highest BCUT2D eigenvalue weighted by atomic mass is 16.4. The van der Waals surface area contributed by atoms with Crippen LogP contribution in [0.2, 0.25) is 0 Å². The highest BCUT2D eigenvalue weighted by molar-refractivity contribution is 5.89. The number of nitrogens with one attached hydrogen (secondary N) is 1. The quantitative estimate of drug-likeness (QED) is 0.869. The summed E-state index contributed by atoms with van der Waals surface area (Å²) >= 11 is 0. The van der Waals surface area contributed by atoms with E-state index < -0.39 is 5.97 Å². The van der Waals surface area contributed by atoms with Crippen molar-refractivity contribution in [2.45, 2.75) is 39.2 Å². The summed E-state index contributed by atoms with van der Waals surface area (Å²) < 4.78 is 0. The molecule has 0 aliphatic heterocycles. The Bertz CT molecular complexity index is 469. The van der Waals surface area contributed by atoms with Crippen molar-refractivity contribution in [3.8, 4) is 0 Å². The molecular weight excluding hydrogens is 256 g/mol. The van der Waals surface area contributed by atoms with Gasteiger partial charge in [0.15, 0.2) is 0 Å². The van der Waals surface area contributed by atoms with Gasteiger partial charge in [-0.1, -0.05) is 19.1 Å². The molecule has 1 unspecified atom stereocenters. The Morgan fingerprint density at radius 3 is 2.20 bits per heavy atom. The fraction of sp³-hybridized carbons (Fsp3) is 0.467. The minimum absolute atomic E-state index is 0.0458. The lowest BCUT2D eigenvalue weighted by Crippen LogP contribution is -2.36. The maximum absolute atomic E-state index is 11.9. The van der Waals surface area contributed by atoms with Crippen molar-refractivity contribution < 1.29 is 14.7 Å². The second-order valence-electron chi connectivity index (χ2n) is 5.26. The number of carboxylic acid groups (broad SMARTS) is 1. The van der Waals surface area contributed by atoms with Gasteiger partial charge in [0.05, 0.1) is 6.42 Å². The summed E-state index contributed by atoms with van der Waals surface area (Å²) in [6.07, 6.45) is 0.0990. The molecule has 0 saturated carbocycles. The van der Waals surface area contributed by atoms with Gasteiger partial charge in [0.25, 0.3) is 0 Å². The Hall–Kier alpha value is -2.04. The van der Waals surface area contributed by atoms with Gasteiger partial charge in [0.1, 0.15) is 0 Å². The maximum atomic E-state index is 11.9. The lowest BCUT2D eigenvalue weighted by Gasteiger charge is -2.22. The van der Waals surface area contributed by atoms with Gasteiger partial charge < -0.3 is 15.3 Å². The van der Waals surface area contributed by atoms with Gasteiger partial charge in [-0.3, -0.25) is 4.79 Å². The normalized spacial score (nSPS) is 12.1. The zero-order valence-corrected chi connectivity index (χ0v) is 12.4. The zero-order chi connectivity index (χ0) is 15.3. The van der Waals surface area contributed by atoms with Crippen molar-refractivity contribution in [1.82, 2.24) is 4.90 Å². The second-order valence-corrected chi connectivity index (χ2v) is 5.26. The van der Waals surface area contributed by atoms with Crippen molar-refractivity contribution in [3.05, 3.63) is 29.8 Å². The van der Waals surface area contributed by atoms with Gasteiger partial charge in [0, 0.05) is 18.8 Å². The predicted octanol–water partition coefficient (Wildman–Crippen LogP) is 3.14. The molecule has 5 nitrogen and oxygen atoms in total. The van der Waals surface area contributed by atoms with Gasteiger partial charge in [-0.05, 0) is 37.5 Å². The molecule has 20 heavy (non-hydrogen) atoms. The van der Waals surface area contributed by atoms with E-state index in [-0.39, 0.29) is 24.4 Å². The van der Waals surface area contributed by atoms with Crippen molar-refractivity contribution in [2.75, 3.05) is 12.4 Å². The first-order chi connectivity index (χ1) is 9.31. The van der Waals surface area contributed by atoms with E-state index in [9.17, 15) is 9.59 Å². The maximum Gasteiger partial charge on any atom is 0.321 e. The van der Waals surface area contributed by atoms with Gasteiger partial charge >= 0.3 is 12.0 Å². The van der Waals surface area contributed by atoms with Crippen LogP contribution in [-0.2, 0) is 4.79 Å². The van der Waals surface area contributed by atoms with Crippen LogP contribution in [0.25, 0.3) is 0 Å². The minimum Gasteiger partial charge on any atom is -0.481 e. The van der Waals surface area contributed by atoms with Crippen LogP contribution in [0.3, 0.4) is 0 Å². The van der Waals surface area contributed by atoms with Crippen LogP contribution in [0.15, 0.2) is 24.3 Å². The van der Waals surface area contributed by atoms with Crippen LogP contribution in [0.4, 0.5) is 10.5 Å². The SMILES string of the molecule is CC(CC(=O)O)c1ccc(NC(=O)N(C)C(C)C)cc1. The average molecular weight is 278 g/mol. The van der Waals surface area contributed by atoms with Gasteiger partial charge in [-0.2, -0.15) is 0 Å². The molecule has 0 aliphatic rings. The van der Waals surface area contributed by atoms with Crippen LogP contribution >= 0.6 is 0 Å². The smallest absolute Gasteiger partial charge is 0.321 e. The molecule has 0 bridgehead atoms. The monoisotopic (exact) mass is 278 g/mol. The number of amides is 2. The Labute approximate surface area is 119 Å². The van der Waals surface area contributed by atoms with Crippen LogP contribution in [0.1, 0.15) is 38.7 Å². The van der Waals surface area contributed by atoms with E-state index >= 15 is 0 Å². The number of hydrogen-bond donors (Lipinski definition) is 2. The molecule has 2 N–H and O–H groups in total. The van der Waals surface area contributed by atoms with E-state index in [1.807, 2.05) is 32.9 Å². The highest BCUT2D eigenvalue weighted by Crippen LogP contribution is 2.21. The lowest BCUT2D eigenvalue weighted by molar-refractivity contribution is -0.137. The molecule has 0 heterocycles. The van der Waals surface area contributed by atoms with Crippen LogP contribution in [-0.4, -0.2) is 35.1 Å². The van der Waals surface area contributed by atoms with Gasteiger partial charge in [-0.15, -0.1) is 0 Å². The number of urea groups is 1. The second kappa shape index (κ2) is 6.93. The Balaban J connectivity index is 2.67. The third kappa shape index (κ3) is 4.57. The minimum atomic E-state index is -0.812. The van der Waals surface area contributed by atoms with E-state index in [1.54, 1.807) is 24.1 Å². The first-order valence-electron chi connectivity index (χ1n) is 6.66. The molecule has 1 aromatic carbocycles. The van der Waals surface area contributed by atoms with Crippen molar-refractivity contribution in [3.63, 3.8) is 0 Å². The zero-order valence-electron chi connectivity index (χ0n) is 12.4. The van der Waals surface area contributed by atoms with Crippen LogP contribution < -0.4 is 5.32 Å². The third-order valence-electron chi connectivity index (χ3n) is 3.31. The summed E-state index contributed by atoms with van der Waals surface area (Å²) in [6, 6.07) is 7.24. The fourth-order valence-electron chi connectivity index (χ4n) is 1.72. The lowest BCUT2D eigenvalue weighted by atomic mass is 9.98. The number of aliphatic carboxylic acids is 1. The number of hydrogen-bond acceptors (Lipinski definition) is 2. The Morgan fingerprint density at radius 2 is 1.75 bits per heavy atom. The van der Waals surface area contributed by atoms with E-state index in [1.165, 1.54) is 0 Å². The Kier molecular flexibility index (Phi) is 5.55. The predicted molar refractivity (Wildman–Crippen MR) is 79.0 cm³/mol. The first-order valence-corrected chi connectivity index (χ1v) is 6.66. The summed E-state index contributed by atoms with van der Waals surface area (Å²) in [5, 5.41) is 11.6. The number of carbonyl (C=O) groups excluding carboxylic acids is 1. The van der Waals surface area contributed by atoms with E-state index in [4.69, 9.17) is 5.11 Å². The number of carboxylic acids is 1. The molecule has 110 valence electrons. The summed E-state index contributed by atoms with van der Waals surface area (Å²) in [5.74, 6) is -0.857. The molecule has 2 amide bonds. The molecule has 0 aliphatic carbocycles. The molecule has 0 spiro atoms. The summed E-state index contributed by atoms with van der Waals surface area (Å²) in [7, 11) is 1.74. The van der Waals surface area contributed by atoms with Gasteiger partial charge in [-0.25, -0.2) is 4.79 Å². The average Bonchev–Trinajstić information content (AvgIpc) is 2.37.